The quantitative estimate of drug-likeness (QED) is 0.626. The van der Waals surface area contributed by atoms with E-state index in [1.165, 1.54) is 12.8 Å². The first-order valence-corrected chi connectivity index (χ1v) is 4.16. The molecule has 1 nitrogen and oxygen atoms in total. The normalized spacial score (nSPS) is 17.3. The third-order valence-electron chi connectivity index (χ3n) is 1.40. The topological polar surface area (TPSA) is 9.23 Å². The van der Waals surface area contributed by atoms with Gasteiger partial charge in [0.2, 0.25) is 0 Å². The maximum absolute atomic E-state index is 5.16. The van der Waals surface area contributed by atoms with Crippen molar-refractivity contribution in [2.45, 2.75) is 37.6 Å². The molecule has 0 aromatic heterocycles. The fourth-order valence-corrected chi connectivity index (χ4v) is 0.875. The SMILES string of the molecule is CCCCC(C)(Br)OC. The predicted molar refractivity (Wildman–Crippen MR) is 43.9 cm³/mol. The molecular weight excluding hydrogens is 180 g/mol. The third kappa shape index (κ3) is 4.91. The lowest BCUT2D eigenvalue weighted by Gasteiger charge is -2.19. The van der Waals surface area contributed by atoms with Crippen LogP contribution < -0.4 is 0 Å². The first-order valence-electron chi connectivity index (χ1n) is 3.36. The van der Waals surface area contributed by atoms with Gasteiger partial charge >= 0.3 is 0 Å². The van der Waals surface area contributed by atoms with Gasteiger partial charge in [0.15, 0.2) is 0 Å². The highest BCUT2D eigenvalue weighted by atomic mass is 79.9. The van der Waals surface area contributed by atoms with E-state index >= 15 is 0 Å². The van der Waals surface area contributed by atoms with Crippen LogP contribution in [0.3, 0.4) is 0 Å². The molecule has 0 heterocycles. The maximum atomic E-state index is 5.16. The van der Waals surface area contributed by atoms with Crippen LogP contribution in [0.2, 0.25) is 0 Å². The molecule has 2 heteroatoms. The minimum absolute atomic E-state index is 0.0942. The smallest absolute Gasteiger partial charge is 0.119 e. The van der Waals surface area contributed by atoms with Crippen molar-refractivity contribution in [3.63, 3.8) is 0 Å². The monoisotopic (exact) mass is 194 g/mol. The zero-order chi connectivity index (χ0) is 7.33. The van der Waals surface area contributed by atoms with Gasteiger partial charge in [0.1, 0.15) is 4.51 Å². The lowest BCUT2D eigenvalue weighted by atomic mass is 10.2. The molecular formula is C7H15BrO. The molecule has 0 radical (unpaired) electrons. The first kappa shape index (κ1) is 9.44. The Hall–Kier alpha value is 0.440. The summed E-state index contributed by atoms with van der Waals surface area (Å²) in [5.74, 6) is 0. The Kier molecular flexibility index (Phi) is 4.50. The van der Waals surface area contributed by atoms with E-state index in [4.69, 9.17) is 4.74 Å². The molecule has 0 saturated carbocycles. The summed E-state index contributed by atoms with van der Waals surface area (Å²) in [5, 5.41) is 0. The zero-order valence-electron chi connectivity index (χ0n) is 6.41. The van der Waals surface area contributed by atoms with Crippen molar-refractivity contribution in [1.29, 1.82) is 0 Å². The van der Waals surface area contributed by atoms with Gasteiger partial charge in [-0.05, 0) is 19.8 Å². The molecule has 1 unspecified atom stereocenters. The van der Waals surface area contributed by atoms with Crippen LogP contribution >= 0.6 is 15.9 Å². The van der Waals surface area contributed by atoms with Crippen LogP contribution in [-0.2, 0) is 4.74 Å². The van der Waals surface area contributed by atoms with E-state index in [-0.39, 0.29) is 4.51 Å². The number of ether oxygens (including phenoxy) is 1. The fourth-order valence-electron chi connectivity index (χ4n) is 0.595. The molecule has 0 N–H and O–H groups in total. The molecule has 0 bridgehead atoms. The van der Waals surface area contributed by atoms with Crippen molar-refractivity contribution >= 4 is 15.9 Å². The second kappa shape index (κ2) is 4.29. The van der Waals surface area contributed by atoms with Crippen LogP contribution in [-0.4, -0.2) is 11.6 Å². The molecule has 0 amide bonds. The zero-order valence-corrected chi connectivity index (χ0v) is 7.99. The van der Waals surface area contributed by atoms with Crippen molar-refractivity contribution in [1.82, 2.24) is 0 Å². The van der Waals surface area contributed by atoms with Crippen LogP contribution in [0.15, 0.2) is 0 Å². The van der Waals surface area contributed by atoms with Crippen LogP contribution in [0.25, 0.3) is 0 Å². The molecule has 0 aromatic carbocycles. The molecule has 0 aliphatic carbocycles. The van der Waals surface area contributed by atoms with Crippen molar-refractivity contribution in [3.05, 3.63) is 0 Å². The van der Waals surface area contributed by atoms with E-state index in [0.717, 1.165) is 6.42 Å². The van der Waals surface area contributed by atoms with Crippen molar-refractivity contribution in [3.8, 4) is 0 Å². The Morgan fingerprint density at radius 3 is 2.44 bits per heavy atom. The van der Waals surface area contributed by atoms with Gasteiger partial charge < -0.3 is 4.74 Å². The molecule has 0 spiro atoms. The number of hydrogen-bond acceptors (Lipinski definition) is 1. The maximum Gasteiger partial charge on any atom is 0.119 e. The van der Waals surface area contributed by atoms with E-state index in [0.29, 0.717) is 0 Å². The van der Waals surface area contributed by atoms with Crippen molar-refractivity contribution in [2.24, 2.45) is 0 Å². The van der Waals surface area contributed by atoms with E-state index < -0.39 is 0 Å². The lowest BCUT2D eigenvalue weighted by Crippen LogP contribution is -2.17. The molecule has 0 aliphatic rings. The van der Waals surface area contributed by atoms with Gasteiger partial charge in [-0.2, -0.15) is 0 Å². The Morgan fingerprint density at radius 2 is 2.11 bits per heavy atom. The average Bonchev–Trinajstić information content (AvgIpc) is 1.84. The Bertz CT molecular complexity index is 71.3. The summed E-state index contributed by atoms with van der Waals surface area (Å²) in [6.45, 7) is 4.22. The Labute approximate surface area is 65.9 Å². The first-order chi connectivity index (χ1) is 4.12. The lowest BCUT2D eigenvalue weighted by molar-refractivity contribution is 0.0842. The van der Waals surface area contributed by atoms with Crippen molar-refractivity contribution < 1.29 is 4.74 Å². The molecule has 56 valence electrons. The Morgan fingerprint density at radius 1 is 1.56 bits per heavy atom. The minimum atomic E-state index is -0.0942. The standard InChI is InChI=1S/C7H15BrO/c1-4-5-6-7(2,8)9-3/h4-6H2,1-3H3. The van der Waals surface area contributed by atoms with Gasteiger partial charge in [-0.15, -0.1) is 0 Å². The highest BCUT2D eigenvalue weighted by Crippen LogP contribution is 2.24. The Balaban J connectivity index is 3.33. The molecule has 0 aliphatic heterocycles. The van der Waals surface area contributed by atoms with Gasteiger partial charge in [-0.25, -0.2) is 0 Å². The van der Waals surface area contributed by atoms with E-state index in [9.17, 15) is 0 Å². The summed E-state index contributed by atoms with van der Waals surface area (Å²) in [4.78, 5) is 0. The highest BCUT2D eigenvalue weighted by Gasteiger charge is 2.16. The summed E-state index contributed by atoms with van der Waals surface area (Å²) in [5.41, 5.74) is 0. The van der Waals surface area contributed by atoms with Gasteiger partial charge in [0.25, 0.3) is 0 Å². The molecule has 0 rings (SSSR count). The van der Waals surface area contributed by atoms with Gasteiger partial charge in [-0.1, -0.05) is 29.3 Å². The number of halogens is 1. The molecule has 9 heavy (non-hydrogen) atoms. The summed E-state index contributed by atoms with van der Waals surface area (Å²) in [7, 11) is 1.73. The van der Waals surface area contributed by atoms with Gasteiger partial charge in [0, 0.05) is 7.11 Å². The second-order valence-corrected chi connectivity index (χ2v) is 4.09. The summed E-state index contributed by atoms with van der Waals surface area (Å²) in [6, 6.07) is 0. The highest BCUT2D eigenvalue weighted by molar-refractivity contribution is 9.10. The molecule has 0 fully saturated rings. The van der Waals surface area contributed by atoms with E-state index in [1.807, 2.05) is 6.92 Å². The fraction of sp³-hybridized carbons (Fsp3) is 1.00. The predicted octanol–water partition coefficient (Wildman–Crippen LogP) is 2.93. The van der Waals surface area contributed by atoms with Gasteiger partial charge in [-0.3, -0.25) is 0 Å². The summed E-state index contributed by atoms with van der Waals surface area (Å²) in [6.07, 6.45) is 3.53. The minimum Gasteiger partial charge on any atom is -0.367 e. The van der Waals surface area contributed by atoms with Gasteiger partial charge in [0.05, 0.1) is 0 Å². The van der Waals surface area contributed by atoms with Crippen LogP contribution in [0.4, 0.5) is 0 Å². The number of alkyl halides is 1. The number of unbranched alkanes of at least 4 members (excludes halogenated alkanes) is 1. The van der Waals surface area contributed by atoms with Crippen molar-refractivity contribution in [2.75, 3.05) is 7.11 Å². The average molecular weight is 195 g/mol. The number of methoxy groups -OCH3 is 1. The third-order valence-corrected chi connectivity index (χ3v) is 2.12. The van der Waals surface area contributed by atoms with Crippen LogP contribution in [0.1, 0.15) is 33.1 Å². The molecule has 0 aromatic rings. The van der Waals surface area contributed by atoms with E-state index in [2.05, 4.69) is 22.9 Å². The number of hydrogen-bond donors (Lipinski definition) is 0. The molecule has 1 atom stereocenters. The van der Waals surface area contributed by atoms with E-state index in [1.54, 1.807) is 7.11 Å². The molecule has 0 saturated heterocycles. The van der Waals surface area contributed by atoms with Crippen LogP contribution in [0.5, 0.6) is 0 Å². The second-order valence-electron chi connectivity index (χ2n) is 2.41. The number of rotatable bonds is 4. The van der Waals surface area contributed by atoms with Crippen LogP contribution in [0, 0.1) is 0 Å². The summed E-state index contributed by atoms with van der Waals surface area (Å²) < 4.78 is 5.06. The largest absolute Gasteiger partial charge is 0.367 e. The summed E-state index contributed by atoms with van der Waals surface area (Å²) >= 11 is 3.46.